The Morgan fingerprint density at radius 2 is 1.61 bits per heavy atom. The summed E-state index contributed by atoms with van der Waals surface area (Å²) >= 11 is 6.13. The summed E-state index contributed by atoms with van der Waals surface area (Å²) in [6.07, 6.45) is 0. The Balaban J connectivity index is 3.06. The van der Waals surface area contributed by atoms with Crippen molar-refractivity contribution in [3.63, 3.8) is 0 Å². The molecule has 0 radical (unpaired) electrons. The SMILES string of the molecule is CC(C)(C)[Si](C)(C)O[C@@](C)(O)c1ccccc1Cl. The number of rotatable bonds is 3. The lowest BCUT2D eigenvalue weighted by Crippen LogP contribution is -2.47. The summed E-state index contributed by atoms with van der Waals surface area (Å²) in [5.41, 5.74) is 0.622. The molecule has 2 nitrogen and oxygen atoms in total. The molecule has 0 fully saturated rings. The molecule has 1 atom stereocenters. The minimum atomic E-state index is -2.05. The van der Waals surface area contributed by atoms with Crippen molar-refractivity contribution in [1.82, 2.24) is 0 Å². The highest BCUT2D eigenvalue weighted by Crippen LogP contribution is 2.41. The van der Waals surface area contributed by atoms with E-state index in [1.807, 2.05) is 12.1 Å². The third-order valence-electron chi connectivity index (χ3n) is 3.63. The summed E-state index contributed by atoms with van der Waals surface area (Å²) in [5.74, 6) is -1.35. The van der Waals surface area contributed by atoms with Crippen LogP contribution in [-0.4, -0.2) is 13.4 Å². The van der Waals surface area contributed by atoms with Crippen LogP contribution in [0.1, 0.15) is 33.3 Å². The van der Waals surface area contributed by atoms with Gasteiger partial charge in [0.05, 0.1) is 0 Å². The molecule has 1 rings (SSSR count). The molecule has 1 aromatic carbocycles. The maximum Gasteiger partial charge on any atom is 0.196 e. The number of halogens is 1. The van der Waals surface area contributed by atoms with E-state index in [4.69, 9.17) is 16.0 Å². The fourth-order valence-electron chi connectivity index (χ4n) is 1.54. The second kappa shape index (κ2) is 4.97. The zero-order chi connectivity index (χ0) is 14.2. The third kappa shape index (κ3) is 3.35. The van der Waals surface area contributed by atoms with E-state index in [1.54, 1.807) is 19.1 Å². The van der Waals surface area contributed by atoms with Gasteiger partial charge in [-0.2, -0.15) is 0 Å². The fraction of sp³-hybridized carbons (Fsp3) is 0.571. The lowest BCUT2D eigenvalue weighted by molar-refractivity contribution is -0.139. The van der Waals surface area contributed by atoms with Crippen molar-refractivity contribution in [2.75, 3.05) is 0 Å². The van der Waals surface area contributed by atoms with Crippen LogP contribution in [0.15, 0.2) is 24.3 Å². The molecular weight excluding hydrogens is 264 g/mol. The number of hydrogen-bond donors (Lipinski definition) is 1. The van der Waals surface area contributed by atoms with Gasteiger partial charge in [-0.3, -0.25) is 0 Å². The van der Waals surface area contributed by atoms with Crippen molar-refractivity contribution < 1.29 is 9.53 Å². The van der Waals surface area contributed by atoms with E-state index in [9.17, 15) is 5.11 Å². The first-order chi connectivity index (χ1) is 7.97. The Kier molecular flexibility index (Phi) is 4.33. The highest BCUT2D eigenvalue weighted by atomic mass is 35.5. The summed E-state index contributed by atoms with van der Waals surface area (Å²) in [4.78, 5) is 0. The van der Waals surface area contributed by atoms with Crippen LogP contribution in [0.2, 0.25) is 23.2 Å². The normalized spacial score (nSPS) is 16.4. The van der Waals surface area contributed by atoms with E-state index in [0.717, 1.165) is 0 Å². The number of hydrogen-bond acceptors (Lipinski definition) is 2. The zero-order valence-corrected chi connectivity index (χ0v) is 13.8. The second-order valence-corrected chi connectivity index (χ2v) is 11.5. The molecule has 0 aliphatic rings. The summed E-state index contributed by atoms with van der Waals surface area (Å²) in [6.45, 7) is 12.3. The van der Waals surface area contributed by atoms with Crippen LogP contribution in [0.5, 0.6) is 0 Å². The highest BCUT2D eigenvalue weighted by Gasteiger charge is 2.43. The van der Waals surface area contributed by atoms with Crippen LogP contribution >= 0.6 is 11.6 Å². The fourth-order valence-corrected chi connectivity index (χ4v) is 3.26. The van der Waals surface area contributed by atoms with Gasteiger partial charge in [0.25, 0.3) is 0 Å². The largest absolute Gasteiger partial charge is 0.387 e. The predicted octanol–water partition coefficient (Wildman–Crippen LogP) is 4.53. The van der Waals surface area contributed by atoms with Gasteiger partial charge in [0.1, 0.15) is 0 Å². The molecule has 18 heavy (non-hydrogen) atoms. The maximum absolute atomic E-state index is 10.6. The van der Waals surface area contributed by atoms with Crippen LogP contribution in [0, 0.1) is 0 Å². The molecule has 4 heteroatoms. The van der Waals surface area contributed by atoms with Gasteiger partial charge in [-0.1, -0.05) is 50.6 Å². The van der Waals surface area contributed by atoms with Gasteiger partial charge >= 0.3 is 0 Å². The molecule has 0 aromatic heterocycles. The first-order valence-corrected chi connectivity index (χ1v) is 9.43. The lowest BCUT2D eigenvalue weighted by Gasteiger charge is -2.42. The minimum Gasteiger partial charge on any atom is -0.387 e. The molecule has 0 aliphatic carbocycles. The average Bonchev–Trinajstić information content (AvgIpc) is 2.14. The van der Waals surface area contributed by atoms with Crippen LogP contribution in [0.4, 0.5) is 0 Å². The molecule has 0 saturated heterocycles. The highest BCUT2D eigenvalue weighted by molar-refractivity contribution is 6.74. The molecule has 0 bridgehead atoms. The summed E-state index contributed by atoms with van der Waals surface area (Å²) in [6, 6.07) is 7.26. The van der Waals surface area contributed by atoms with Crippen molar-refractivity contribution >= 4 is 19.9 Å². The van der Waals surface area contributed by atoms with Crippen LogP contribution in [0.25, 0.3) is 0 Å². The monoisotopic (exact) mass is 286 g/mol. The summed E-state index contributed by atoms with van der Waals surface area (Å²) < 4.78 is 6.07. The van der Waals surface area contributed by atoms with E-state index in [2.05, 4.69) is 33.9 Å². The minimum absolute atomic E-state index is 0.0399. The standard InChI is InChI=1S/C14H23ClO2Si/c1-13(2,3)18(5,6)17-14(4,16)11-9-7-8-10-12(11)15/h7-10,16H,1-6H3/t14-/m1/s1. The van der Waals surface area contributed by atoms with Gasteiger partial charge in [0, 0.05) is 10.6 Å². The van der Waals surface area contributed by atoms with E-state index >= 15 is 0 Å². The van der Waals surface area contributed by atoms with Gasteiger partial charge in [-0.05, 0) is 31.1 Å². The van der Waals surface area contributed by atoms with Gasteiger partial charge in [0.2, 0.25) is 0 Å². The van der Waals surface area contributed by atoms with Gasteiger partial charge in [0.15, 0.2) is 14.1 Å². The Bertz CT molecular complexity index is 422. The van der Waals surface area contributed by atoms with Gasteiger partial charge < -0.3 is 9.53 Å². The Morgan fingerprint density at radius 1 is 1.11 bits per heavy atom. The van der Waals surface area contributed by atoms with E-state index < -0.39 is 14.1 Å². The Labute approximate surface area is 116 Å². The molecule has 0 aliphatic heterocycles. The van der Waals surface area contributed by atoms with Crippen molar-refractivity contribution in [2.45, 2.75) is 51.6 Å². The smallest absolute Gasteiger partial charge is 0.196 e. The third-order valence-corrected chi connectivity index (χ3v) is 8.48. The Morgan fingerprint density at radius 3 is 2.06 bits per heavy atom. The molecule has 0 heterocycles. The van der Waals surface area contributed by atoms with Gasteiger partial charge in [-0.15, -0.1) is 0 Å². The molecule has 0 saturated carbocycles. The van der Waals surface area contributed by atoms with E-state index in [1.165, 1.54) is 0 Å². The van der Waals surface area contributed by atoms with Gasteiger partial charge in [-0.25, -0.2) is 0 Å². The molecule has 0 unspecified atom stereocenters. The molecular formula is C14H23ClO2Si. The second-order valence-electron chi connectivity index (χ2n) is 6.33. The maximum atomic E-state index is 10.6. The Hall–Kier alpha value is -0.353. The average molecular weight is 287 g/mol. The topological polar surface area (TPSA) is 29.5 Å². The quantitative estimate of drug-likeness (QED) is 0.653. The molecule has 1 aromatic rings. The first kappa shape index (κ1) is 15.7. The van der Waals surface area contributed by atoms with Crippen molar-refractivity contribution in [2.24, 2.45) is 0 Å². The van der Waals surface area contributed by atoms with Crippen molar-refractivity contribution in [1.29, 1.82) is 0 Å². The van der Waals surface area contributed by atoms with E-state index in [-0.39, 0.29) is 5.04 Å². The van der Waals surface area contributed by atoms with Crippen LogP contribution < -0.4 is 0 Å². The number of aliphatic hydroxyl groups is 1. The lowest BCUT2D eigenvalue weighted by atomic mass is 10.1. The molecule has 1 N–H and O–H groups in total. The van der Waals surface area contributed by atoms with Crippen LogP contribution in [0.3, 0.4) is 0 Å². The zero-order valence-electron chi connectivity index (χ0n) is 12.0. The predicted molar refractivity (Wildman–Crippen MR) is 79.3 cm³/mol. The van der Waals surface area contributed by atoms with Crippen molar-refractivity contribution in [3.8, 4) is 0 Å². The first-order valence-electron chi connectivity index (χ1n) is 6.15. The molecule has 0 spiro atoms. The molecule has 0 amide bonds. The number of benzene rings is 1. The van der Waals surface area contributed by atoms with Crippen LogP contribution in [-0.2, 0) is 10.2 Å². The molecule has 102 valence electrons. The summed E-state index contributed by atoms with van der Waals surface area (Å²) in [7, 11) is -2.05. The summed E-state index contributed by atoms with van der Waals surface area (Å²) in [5, 5.41) is 11.2. The van der Waals surface area contributed by atoms with E-state index in [0.29, 0.717) is 10.6 Å². The van der Waals surface area contributed by atoms with Crippen molar-refractivity contribution in [3.05, 3.63) is 34.9 Å².